The van der Waals surface area contributed by atoms with Gasteiger partial charge >= 0.3 is 0 Å². The van der Waals surface area contributed by atoms with Crippen LogP contribution in [0.25, 0.3) is 0 Å². The molecule has 3 rings (SSSR count). The minimum atomic E-state index is -0.286. The van der Waals surface area contributed by atoms with Gasteiger partial charge < -0.3 is 4.90 Å². The van der Waals surface area contributed by atoms with Crippen molar-refractivity contribution in [3.8, 4) is 0 Å². The second-order valence-corrected chi connectivity index (χ2v) is 7.44. The predicted molar refractivity (Wildman–Crippen MR) is 91.2 cm³/mol. The minimum Gasteiger partial charge on any atom is -0.303 e. The van der Waals surface area contributed by atoms with E-state index in [0.717, 1.165) is 13.0 Å². The van der Waals surface area contributed by atoms with E-state index in [9.17, 15) is 9.18 Å². The van der Waals surface area contributed by atoms with Gasteiger partial charge in [0, 0.05) is 12.0 Å². The summed E-state index contributed by atoms with van der Waals surface area (Å²) in [5.41, 5.74) is 1.28. The van der Waals surface area contributed by atoms with Gasteiger partial charge in [-0.25, -0.2) is 4.39 Å². The summed E-state index contributed by atoms with van der Waals surface area (Å²) < 4.78 is 12.9. The van der Waals surface area contributed by atoms with Crippen molar-refractivity contribution in [1.82, 2.24) is 4.90 Å². The molecule has 2 aliphatic rings. The molecule has 0 radical (unpaired) electrons. The van der Waals surface area contributed by atoms with Crippen LogP contribution in [0.2, 0.25) is 0 Å². The standard InChI is InChI=1S/C20H28FNO/c21-18-8-6-17(7-9-18)19(23)5-4-14-22-15-12-20(13-16-22)10-2-1-3-11-20/h6-9H,1-5,10-16H2. The van der Waals surface area contributed by atoms with Gasteiger partial charge in [0.2, 0.25) is 0 Å². The van der Waals surface area contributed by atoms with Crippen molar-refractivity contribution in [1.29, 1.82) is 0 Å². The quantitative estimate of drug-likeness (QED) is 0.725. The highest BCUT2D eigenvalue weighted by atomic mass is 19.1. The molecule has 126 valence electrons. The van der Waals surface area contributed by atoms with Crippen LogP contribution < -0.4 is 0 Å². The number of piperidine rings is 1. The molecular formula is C20H28FNO. The number of halogens is 1. The summed E-state index contributed by atoms with van der Waals surface area (Å²) in [6.45, 7) is 3.42. The summed E-state index contributed by atoms with van der Waals surface area (Å²) in [6, 6.07) is 5.90. The summed E-state index contributed by atoms with van der Waals surface area (Å²) >= 11 is 0. The summed E-state index contributed by atoms with van der Waals surface area (Å²) in [6.07, 6.45) is 11.3. The first-order valence-electron chi connectivity index (χ1n) is 9.18. The molecule has 0 atom stereocenters. The number of Topliss-reactive ketones (excluding diaryl/α,β-unsaturated/α-hetero) is 1. The van der Waals surface area contributed by atoms with E-state index in [4.69, 9.17) is 0 Å². The van der Waals surface area contributed by atoms with Crippen molar-refractivity contribution in [2.45, 2.75) is 57.8 Å². The summed E-state index contributed by atoms with van der Waals surface area (Å²) in [4.78, 5) is 14.6. The maximum Gasteiger partial charge on any atom is 0.162 e. The zero-order valence-corrected chi connectivity index (χ0v) is 14.0. The molecule has 1 heterocycles. The van der Waals surface area contributed by atoms with Gasteiger partial charge in [-0.3, -0.25) is 4.79 Å². The first-order valence-corrected chi connectivity index (χ1v) is 9.18. The number of likely N-dealkylation sites (tertiary alicyclic amines) is 1. The normalized spacial score (nSPS) is 21.4. The van der Waals surface area contributed by atoms with E-state index < -0.39 is 0 Å². The van der Waals surface area contributed by atoms with E-state index in [2.05, 4.69) is 4.90 Å². The third-order valence-corrected chi connectivity index (χ3v) is 5.88. The highest BCUT2D eigenvalue weighted by Gasteiger charge is 2.35. The first kappa shape index (κ1) is 16.6. The van der Waals surface area contributed by atoms with Gasteiger partial charge in [-0.1, -0.05) is 19.3 Å². The lowest BCUT2D eigenvalue weighted by molar-refractivity contribution is 0.0663. The smallest absolute Gasteiger partial charge is 0.162 e. The molecule has 1 saturated carbocycles. The Balaban J connectivity index is 1.38. The van der Waals surface area contributed by atoms with Crippen molar-refractivity contribution in [3.63, 3.8) is 0 Å². The van der Waals surface area contributed by atoms with Gasteiger partial charge in [0.05, 0.1) is 0 Å². The van der Waals surface area contributed by atoms with Gasteiger partial charge in [0.1, 0.15) is 5.82 Å². The SMILES string of the molecule is O=C(CCCN1CCC2(CCCCC2)CC1)c1ccc(F)cc1. The average molecular weight is 317 g/mol. The molecule has 0 bridgehead atoms. The number of benzene rings is 1. The molecule has 1 aromatic rings. The molecule has 1 spiro atoms. The second-order valence-electron chi connectivity index (χ2n) is 7.44. The van der Waals surface area contributed by atoms with E-state index in [1.807, 2.05) is 0 Å². The van der Waals surface area contributed by atoms with E-state index in [0.29, 0.717) is 17.4 Å². The molecule has 0 aromatic heterocycles. The summed E-state index contributed by atoms with van der Waals surface area (Å²) in [7, 11) is 0. The largest absolute Gasteiger partial charge is 0.303 e. The molecule has 0 amide bonds. The fourth-order valence-corrected chi connectivity index (χ4v) is 4.30. The van der Waals surface area contributed by atoms with Crippen LogP contribution in [-0.4, -0.2) is 30.3 Å². The Kier molecular flexibility index (Phi) is 5.47. The Morgan fingerprint density at radius 1 is 1.00 bits per heavy atom. The maximum absolute atomic E-state index is 12.9. The molecule has 0 N–H and O–H groups in total. The Bertz CT molecular complexity index is 509. The number of rotatable bonds is 5. The summed E-state index contributed by atoms with van der Waals surface area (Å²) in [5, 5.41) is 0. The lowest BCUT2D eigenvalue weighted by Gasteiger charge is -2.44. The van der Waals surface area contributed by atoms with Crippen LogP contribution in [0.3, 0.4) is 0 Å². The van der Waals surface area contributed by atoms with Crippen molar-refractivity contribution < 1.29 is 9.18 Å². The number of hydrogen-bond donors (Lipinski definition) is 0. The fourth-order valence-electron chi connectivity index (χ4n) is 4.30. The molecule has 2 nitrogen and oxygen atoms in total. The lowest BCUT2D eigenvalue weighted by Crippen LogP contribution is -2.41. The highest BCUT2D eigenvalue weighted by Crippen LogP contribution is 2.44. The highest BCUT2D eigenvalue weighted by molar-refractivity contribution is 5.95. The molecule has 1 saturated heterocycles. The predicted octanol–water partition coefficient (Wildman–Crippen LogP) is 4.83. The Hall–Kier alpha value is -1.22. The molecule has 0 unspecified atom stereocenters. The van der Waals surface area contributed by atoms with Crippen molar-refractivity contribution in [2.24, 2.45) is 5.41 Å². The van der Waals surface area contributed by atoms with E-state index >= 15 is 0 Å². The van der Waals surface area contributed by atoms with Gasteiger partial charge in [0.15, 0.2) is 5.78 Å². The number of carbonyl (C=O) groups excluding carboxylic acids is 1. The average Bonchev–Trinajstić information content (AvgIpc) is 2.58. The van der Waals surface area contributed by atoms with Crippen molar-refractivity contribution in [2.75, 3.05) is 19.6 Å². The van der Waals surface area contributed by atoms with E-state index in [-0.39, 0.29) is 11.6 Å². The van der Waals surface area contributed by atoms with Gasteiger partial charge in [-0.05, 0) is 81.4 Å². The monoisotopic (exact) mass is 317 g/mol. The van der Waals surface area contributed by atoms with Crippen LogP contribution in [0.1, 0.15) is 68.1 Å². The number of ketones is 1. The Morgan fingerprint density at radius 3 is 2.30 bits per heavy atom. The van der Waals surface area contributed by atoms with Crippen molar-refractivity contribution >= 4 is 5.78 Å². The van der Waals surface area contributed by atoms with Gasteiger partial charge in [-0.15, -0.1) is 0 Å². The zero-order chi connectivity index (χ0) is 16.1. The molecular weight excluding hydrogens is 289 g/mol. The number of hydrogen-bond acceptors (Lipinski definition) is 2. The molecule has 3 heteroatoms. The molecule has 1 aliphatic heterocycles. The minimum absolute atomic E-state index is 0.130. The van der Waals surface area contributed by atoms with E-state index in [1.165, 1.54) is 70.2 Å². The van der Waals surface area contributed by atoms with Crippen LogP contribution in [0.4, 0.5) is 4.39 Å². The topological polar surface area (TPSA) is 20.3 Å². The molecule has 2 fully saturated rings. The first-order chi connectivity index (χ1) is 11.2. The Labute approximate surface area is 139 Å². The maximum atomic E-state index is 12.9. The number of nitrogens with zero attached hydrogens (tertiary/aromatic N) is 1. The van der Waals surface area contributed by atoms with Crippen LogP contribution in [0.5, 0.6) is 0 Å². The second kappa shape index (κ2) is 7.57. The third kappa shape index (κ3) is 4.41. The van der Waals surface area contributed by atoms with Crippen LogP contribution in [0.15, 0.2) is 24.3 Å². The third-order valence-electron chi connectivity index (χ3n) is 5.88. The fraction of sp³-hybridized carbons (Fsp3) is 0.650. The number of carbonyl (C=O) groups is 1. The van der Waals surface area contributed by atoms with Crippen LogP contribution in [-0.2, 0) is 0 Å². The van der Waals surface area contributed by atoms with Crippen LogP contribution >= 0.6 is 0 Å². The van der Waals surface area contributed by atoms with Crippen LogP contribution in [0, 0.1) is 11.2 Å². The molecule has 1 aliphatic carbocycles. The Morgan fingerprint density at radius 2 is 1.65 bits per heavy atom. The van der Waals surface area contributed by atoms with Gasteiger partial charge in [-0.2, -0.15) is 0 Å². The van der Waals surface area contributed by atoms with Crippen molar-refractivity contribution in [3.05, 3.63) is 35.6 Å². The lowest BCUT2D eigenvalue weighted by atomic mass is 9.68. The molecule has 1 aromatic carbocycles. The van der Waals surface area contributed by atoms with Gasteiger partial charge in [0.25, 0.3) is 0 Å². The molecule has 23 heavy (non-hydrogen) atoms. The summed E-state index contributed by atoms with van der Waals surface area (Å²) in [5.74, 6) is -0.155. The van der Waals surface area contributed by atoms with E-state index in [1.54, 1.807) is 12.1 Å². The zero-order valence-electron chi connectivity index (χ0n) is 14.0.